The third-order valence-electron chi connectivity index (χ3n) is 5.86. The molecular weight excluding hydrogens is 228 g/mol. The monoisotopic (exact) mass is 264 g/mol. The highest BCUT2D eigenvalue weighted by Crippen LogP contribution is 2.45. The SMILES string of the molecule is CCCCCCCCCCC1CCC2CCCC2C1. The largest absolute Gasteiger partial charge is 0.0654 e. The van der Waals surface area contributed by atoms with Gasteiger partial charge < -0.3 is 0 Å². The minimum Gasteiger partial charge on any atom is -0.0654 e. The van der Waals surface area contributed by atoms with Gasteiger partial charge in [0, 0.05) is 0 Å². The smallest absolute Gasteiger partial charge is 0.0383 e. The van der Waals surface area contributed by atoms with E-state index in [9.17, 15) is 0 Å². The zero-order chi connectivity index (χ0) is 13.3. The Bertz CT molecular complexity index is 220. The minimum atomic E-state index is 1.11. The molecule has 0 spiro atoms. The summed E-state index contributed by atoms with van der Waals surface area (Å²) in [6, 6.07) is 0. The molecule has 0 aromatic carbocycles. The number of hydrogen-bond donors (Lipinski definition) is 0. The zero-order valence-electron chi connectivity index (χ0n) is 13.3. The van der Waals surface area contributed by atoms with Gasteiger partial charge in [0.2, 0.25) is 0 Å². The van der Waals surface area contributed by atoms with E-state index in [0.29, 0.717) is 0 Å². The molecule has 0 aliphatic heterocycles. The van der Waals surface area contributed by atoms with Crippen molar-refractivity contribution >= 4 is 0 Å². The van der Waals surface area contributed by atoms with Gasteiger partial charge in [0.05, 0.1) is 0 Å². The van der Waals surface area contributed by atoms with E-state index in [1.165, 1.54) is 51.4 Å². The summed E-state index contributed by atoms with van der Waals surface area (Å²) >= 11 is 0. The lowest BCUT2D eigenvalue weighted by atomic mass is 9.74. The molecule has 0 heteroatoms. The first-order valence-corrected chi connectivity index (χ1v) is 9.40. The molecule has 0 N–H and O–H groups in total. The molecule has 0 heterocycles. The van der Waals surface area contributed by atoms with Gasteiger partial charge >= 0.3 is 0 Å². The molecule has 2 aliphatic carbocycles. The maximum absolute atomic E-state index is 2.30. The topological polar surface area (TPSA) is 0 Å². The maximum Gasteiger partial charge on any atom is -0.0383 e. The van der Waals surface area contributed by atoms with Crippen LogP contribution in [-0.4, -0.2) is 0 Å². The van der Waals surface area contributed by atoms with Crippen molar-refractivity contribution in [3.05, 3.63) is 0 Å². The molecule has 2 rings (SSSR count). The molecule has 2 fully saturated rings. The van der Waals surface area contributed by atoms with E-state index in [2.05, 4.69) is 6.92 Å². The molecule has 0 radical (unpaired) electrons. The molecule has 3 unspecified atom stereocenters. The summed E-state index contributed by atoms with van der Waals surface area (Å²) in [6.07, 6.45) is 22.8. The fourth-order valence-corrected chi connectivity index (χ4v) is 4.63. The number of hydrogen-bond acceptors (Lipinski definition) is 0. The average Bonchev–Trinajstić information content (AvgIpc) is 2.89. The Morgan fingerprint density at radius 1 is 0.684 bits per heavy atom. The second-order valence-corrected chi connectivity index (χ2v) is 7.39. The van der Waals surface area contributed by atoms with E-state index in [-0.39, 0.29) is 0 Å². The molecule has 3 atom stereocenters. The van der Waals surface area contributed by atoms with Crippen molar-refractivity contribution in [3.63, 3.8) is 0 Å². The van der Waals surface area contributed by atoms with E-state index < -0.39 is 0 Å². The molecule has 112 valence electrons. The lowest BCUT2D eigenvalue weighted by Gasteiger charge is -2.31. The van der Waals surface area contributed by atoms with E-state index >= 15 is 0 Å². The Kier molecular flexibility index (Phi) is 7.32. The van der Waals surface area contributed by atoms with E-state index in [1.54, 1.807) is 44.9 Å². The number of rotatable bonds is 9. The van der Waals surface area contributed by atoms with Gasteiger partial charge in [0.25, 0.3) is 0 Å². The summed E-state index contributed by atoms with van der Waals surface area (Å²) in [6.45, 7) is 2.30. The normalized spacial score (nSPS) is 30.5. The predicted octanol–water partition coefficient (Wildman–Crippen LogP) is 6.73. The lowest BCUT2D eigenvalue weighted by Crippen LogP contribution is -2.20. The van der Waals surface area contributed by atoms with E-state index in [4.69, 9.17) is 0 Å². The number of fused-ring (bicyclic) bond motifs is 1. The Labute approximate surface area is 121 Å². The van der Waals surface area contributed by atoms with Crippen molar-refractivity contribution in [2.45, 2.75) is 103 Å². The molecule has 2 saturated carbocycles. The first-order chi connectivity index (χ1) is 9.40. The first kappa shape index (κ1) is 15.4. The maximum atomic E-state index is 2.30. The van der Waals surface area contributed by atoms with E-state index in [1.807, 2.05) is 0 Å². The molecule has 0 aromatic heterocycles. The Morgan fingerprint density at radius 3 is 2.16 bits per heavy atom. The average molecular weight is 264 g/mol. The van der Waals surface area contributed by atoms with Crippen molar-refractivity contribution in [3.8, 4) is 0 Å². The standard InChI is InChI=1S/C19H36/c1-2-3-4-5-6-7-8-9-11-17-14-15-18-12-10-13-19(18)16-17/h17-19H,2-16H2,1H3. The van der Waals surface area contributed by atoms with Gasteiger partial charge in [-0.15, -0.1) is 0 Å². The molecule has 0 bridgehead atoms. The fraction of sp³-hybridized carbons (Fsp3) is 1.00. The van der Waals surface area contributed by atoms with E-state index in [0.717, 1.165) is 17.8 Å². The third kappa shape index (κ3) is 5.48. The molecular formula is C19H36. The van der Waals surface area contributed by atoms with Gasteiger partial charge in [-0.25, -0.2) is 0 Å². The van der Waals surface area contributed by atoms with Crippen LogP contribution in [0.4, 0.5) is 0 Å². The van der Waals surface area contributed by atoms with Crippen LogP contribution in [0.15, 0.2) is 0 Å². The molecule has 0 nitrogen and oxygen atoms in total. The summed E-state index contributed by atoms with van der Waals surface area (Å²) < 4.78 is 0. The van der Waals surface area contributed by atoms with Crippen LogP contribution in [0.1, 0.15) is 103 Å². The molecule has 19 heavy (non-hydrogen) atoms. The van der Waals surface area contributed by atoms with Crippen LogP contribution in [0.5, 0.6) is 0 Å². The molecule has 0 saturated heterocycles. The third-order valence-corrected chi connectivity index (χ3v) is 5.86. The van der Waals surface area contributed by atoms with Gasteiger partial charge in [-0.2, -0.15) is 0 Å². The Balaban J connectivity index is 1.43. The van der Waals surface area contributed by atoms with Crippen molar-refractivity contribution in [2.24, 2.45) is 17.8 Å². The quantitative estimate of drug-likeness (QED) is 0.405. The summed E-state index contributed by atoms with van der Waals surface area (Å²) in [7, 11) is 0. The fourth-order valence-electron chi connectivity index (χ4n) is 4.63. The van der Waals surface area contributed by atoms with Gasteiger partial charge in [-0.3, -0.25) is 0 Å². The summed E-state index contributed by atoms with van der Waals surface area (Å²) in [5.74, 6) is 3.40. The summed E-state index contributed by atoms with van der Waals surface area (Å²) in [5.41, 5.74) is 0. The highest BCUT2D eigenvalue weighted by Gasteiger charge is 2.33. The van der Waals surface area contributed by atoms with Crippen LogP contribution in [0.3, 0.4) is 0 Å². The highest BCUT2D eigenvalue weighted by atomic mass is 14.4. The van der Waals surface area contributed by atoms with Crippen molar-refractivity contribution in [1.29, 1.82) is 0 Å². The molecule has 2 aliphatic rings. The van der Waals surface area contributed by atoms with Crippen LogP contribution >= 0.6 is 0 Å². The summed E-state index contributed by atoms with van der Waals surface area (Å²) in [4.78, 5) is 0. The van der Waals surface area contributed by atoms with Crippen molar-refractivity contribution in [1.82, 2.24) is 0 Å². The van der Waals surface area contributed by atoms with Crippen LogP contribution in [0.2, 0.25) is 0 Å². The predicted molar refractivity (Wildman–Crippen MR) is 85.4 cm³/mol. The lowest BCUT2D eigenvalue weighted by molar-refractivity contribution is 0.197. The van der Waals surface area contributed by atoms with Crippen LogP contribution in [0.25, 0.3) is 0 Å². The van der Waals surface area contributed by atoms with Crippen LogP contribution < -0.4 is 0 Å². The van der Waals surface area contributed by atoms with Crippen LogP contribution in [-0.2, 0) is 0 Å². The van der Waals surface area contributed by atoms with Gasteiger partial charge in [0.15, 0.2) is 0 Å². The van der Waals surface area contributed by atoms with Gasteiger partial charge in [0.1, 0.15) is 0 Å². The number of unbranched alkanes of at least 4 members (excludes halogenated alkanes) is 7. The highest BCUT2D eigenvalue weighted by molar-refractivity contribution is 4.84. The first-order valence-electron chi connectivity index (χ1n) is 9.40. The Morgan fingerprint density at radius 2 is 1.37 bits per heavy atom. The van der Waals surface area contributed by atoms with Crippen molar-refractivity contribution < 1.29 is 0 Å². The molecule has 0 aromatic rings. The van der Waals surface area contributed by atoms with Crippen molar-refractivity contribution in [2.75, 3.05) is 0 Å². The Hall–Kier alpha value is 0. The molecule has 0 amide bonds. The zero-order valence-corrected chi connectivity index (χ0v) is 13.3. The van der Waals surface area contributed by atoms with Gasteiger partial charge in [-0.05, 0) is 30.6 Å². The second-order valence-electron chi connectivity index (χ2n) is 7.39. The summed E-state index contributed by atoms with van der Waals surface area (Å²) in [5, 5.41) is 0. The minimum absolute atomic E-state index is 1.11. The van der Waals surface area contributed by atoms with Crippen LogP contribution in [0, 0.1) is 17.8 Å². The second kappa shape index (κ2) is 9.03. The van der Waals surface area contributed by atoms with Gasteiger partial charge in [-0.1, -0.05) is 90.4 Å².